The largest absolute Gasteiger partial charge is 0.508 e. The van der Waals surface area contributed by atoms with Gasteiger partial charge in [0.15, 0.2) is 0 Å². The highest BCUT2D eigenvalue weighted by Gasteiger charge is 2.28. The van der Waals surface area contributed by atoms with Gasteiger partial charge in [-0.15, -0.1) is 0 Å². The monoisotopic (exact) mass is 220 g/mol. The van der Waals surface area contributed by atoms with Crippen molar-refractivity contribution in [3.8, 4) is 5.75 Å². The molecule has 1 heterocycles. The summed E-state index contributed by atoms with van der Waals surface area (Å²) in [7, 11) is 4.07. The van der Waals surface area contributed by atoms with Crippen LogP contribution in [0.3, 0.4) is 0 Å². The number of benzene rings is 1. The fourth-order valence-corrected chi connectivity index (χ4v) is 2.57. The number of likely N-dealkylation sites (N-methyl/N-ethyl adjacent to an activating group) is 1. The maximum Gasteiger partial charge on any atom is 0.121 e. The second-order valence-corrected chi connectivity index (χ2v) is 4.53. The third kappa shape index (κ3) is 2.00. The van der Waals surface area contributed by atoms with Crippen LogP contribution in [-0.4, -0.2) is 32.3 Å². The van der Waals surface area contributed by atoms with E-state index in [4.69, 9.17) is 0 Å². The molecule has 1 aliphatic heterocycles. The molecule has 0 spiro atoms. The fourth-order valence-electron chi connectivity index (χ4n) is 2.57. The van der Waals surface area contributed by atoms with Crippen LogP contribution in [0.25, 0.3) is 0 Å². The van der Waals surface area contributed by atoms with E-state index >= 15 is 0 Å². The molecule has 0 radical (unpaired) electrons. The van der Waals surface area contributed by atoms with Crippen molar-refractivity contribution in [2.45, 2.75) is 18.8 Å². The summed E-state index contributed by atoms with van der Waals surface area (Å²) < 4.78 is 0. The molecule has 2 N–H and O–H groups in total. The van der Waals surface area contributed by atoms with Gasteiger partial charge in [-0.25, -0.2) is 0 Å². The molecule has 1 aromatic rings. The number of aromatic hydroxyl groups is 1. The van der Waals surface area contributed by atoms with Gasteiger partial charge in [0.1, 0.15) is 5.75 Å². The first-order valence-corrected chi connectivity index (χ1v) is 5.91. The molecule has 1 aliphatic rings. The minimum absolute atomic E-state index is 0.455. The molecule has 1 atom stereocenters. The lowest BCUT2D eigenvalue weighted by Crippen LogP contribution is -2.16. The van der Waals surface area contributed by atoms with E-state index in [9.17, 15) is 5.11 Å². The van der Waals surface area contributed by atoms with E-state index in [-0.39, 0.29) is 0 Å². The molecule has 0 aliphatic carbocycles. The zero-order chi connectivity index (χ0) is 11.5. The van der Waals surface area contributed by atoms with E-state index in [0.29, 0.717) is 11.7 Å². The normalized spacial score (nSPS) is 18.9. The zero-order valence-corrected chi connectivity index (χ0v) is 10.0. The highest BCUT2D eigenvalue weighted by Crippen LogP contribution is 2.42. The van der Waals surface area contributed by atoms with Gasteiger partial charge >= 0.3 is 0 Å². The number of hydrogen-bond donors (Lipinski definition) is 2. The zero-order valence-electron chi connectivity index (χ0n) is 10.0. The Balaban J connectivity index is 2.15. The van der Waals surface area contributed by atoms with Crippen LogP contribution >= 0.6 is 0 Å². The Morgan fingerprint density at radius 2 is 2.31 bits per heavy atom. The second-order valence-electron chi connectivity index (χ2n) is 4.53. The van der Waals surface area contributed by atoms with Gasteiger partial charge in [-0.3, -0.25) is 0 Å². The lowest BCUT2D eigenvalue weighted by molar-refractivity contribution is 0.461. The number of phenols is 1. The highest BCUT2D eigenvalue weighted by atomic mass is 16.3. The smallest absolute Gasteiger partial charge is 0.121 e. The number of rotatable bonds is 4. The third-order valence-electron chi connectivity index (χ3n) is 3.35. The summed E-state index contributed by atoms with van der Waals surface area (Å²) >= 11 is 0. The molecule has 0 fully saturated rings. The molecule has 16 heavy (non-hydrogen) atoms. The summed E-state index contributed by atoms with van der Waals surface area (Å²) in [6, 6.07) is 5.80. The van der Waals surface area contributed by atoms with Gasteiger partial charge < -0.3 is 15.3 Å². The van der Waals surface area contributed by atoms with Crippen LogP contribution in [-0.2, 0) is 0 Å². The van der Waals surface area contributed by atoms with Crippen LogP contribution in [0.15, 0.2) is 18.2 Å². The Labute approximate surface area is 97.1 Å². The van der Waals surface area contributed by atoms with E-state index in [1.807, 2.05) is 13.1 Å². The number of fused-ring (bicyclic) bond motifs is 1. The van der Waals surface area contributed by atoms with Crippen LogP contribution in [0.5, 0.6) is 5.75 Å². The molecule has 0 saturated carbocycles. The van der Waals surface area contributed by atoms with Gasteiger partial charge in [0.05, 0.1) is 0 Å². The third-order valence-corrected chi connectivity index (χ3v) is 3.35. The quantitative estimate of drug-likeness (QED) is 0.761. The number of nitrogens with one attached hydrogen (secondary N) is 1. The van der Waals surface area contributed by atoms with Crippen LogP contribution in [0.4, 0.5) is 5.69 Å². The molecule has 88 valence electrons. The first-order valence-electron chi connectivity index (χ1n) is 5.91. The van der Waals surface area contributed by atoms with E-state index in [0.717, 1.165) is 31.5 Å². The van der Waals surface area contributed by atoms with Crippen molar-refractivity contribution in [2.75, 3.05) is 32.1 Å². The van der Waals surface area contributed by atoms with E-state index in [1.165, 1.54) is 5.69 Å². The van der Waals surface area contributed by atoms with Crippen molar-refractivity contribution in [2.24, 2.45) is 0 Å². The summed E-state index contributed by atoms with van der Waals surface area (Å²) in [5, 5.41) is 13.1. The molecule has 3 nitrogen and oxygen atoms in total. The van der Waals surface area contributed by atoms with Crippen LogP contribution in [0.1, 0.15) is 24.3 Å². The number of anilines is 1. The second kappa shape index (κ2) is 4.74. The molecule has 2 rings (SSSR count). The molecule has 0 amide bonds. The summed E-state index contributed by atoms with van der Waals surface area (Å²) in [6.45, 7) is 2.07. The lowest BCUT2D eigenvalue weighted by atomic mass is 9.95. The van der Waals surface area contributed by atoms with Crippen molar-refractivity contribution in [3.05, 3.63) is 23.8 Å². The summed E-state index contributed by atoms with van der Waals surface area (Å²) in [5.74, 6) is 0.936. The first-order chi connectivity index (χ1) is 7.74. The Morgan fingerprint density at radius 1 is 1.50 bits per heavy atom. The van der Waals surface area contributed by atoms with Crippen molar-refractivity contribution >= 4 is 5.69 Å². The summed E-state index contributed by atoms with van der Waals surface area (Å²) in [5.41, 5.74) is 2.33. The van der Waals surface area contributed by atoms with Crippen molar-refractivity contribution in [1.82, 2.24) is 5.32 Å². The van der Waals surface area contributed by atoms with Crippen molar-refractivity contribution < 1.29 is 5.11 Å². The molecular formula is C13H20N2O. The number of phenolic OH excluding ortho intramolecular Hbond substituents is 1. The minimum Gasteiger partial charge on any atom is -0.508 e. The van der Waals surface area contributed by atoms with E-state index < -0.39 is 0 Å². The Bertz CT molecular complexity index is 365. The van der Waals surface area contributed by atoms with Crippen LogP contribution in [0.2, 0.25) is 0 Å². The maximum absolute atomic E-state index is 9.93. The van der Waals surface area contributed by atoms with Crippen LogP contribution < -0.4 is 10.2 Å². The van der Waals surface area contributed by atoms with Gasteiger partial charge in [0.25, 0.3) is 0 Å². The molecular weight excluding hydrogens is 200 g/mol. The predicted octanol–water partition coefficient (Wildman–Crippen LogP) is 1.93. The minimum atomic E-state index is 0.455. The van der Waals surface area contributed by atoms with Gasteiger partial charge in [-0.05, 0) is 38.6 Å². The van der Waals surface area contributed by atoms with Crippen molar-refractivity contribution in [1.29, 1.82) is 0 Å². The van der Waals surface area contributed by atoms with E-state index in [2.05, 4.69) is 23.3 Å². The van der Waals surface area contributed by atoms with Crippen LogP contribution in [0, 0.1) is 0 Å². The molecule has 0 bridgehead atoms. The average molecular weight is 220 g/mol. The average Bonchev–Trinajstić information content (AvgIpc) is 2.58. The highest BCUT2D eigenvalue weighted by molar-refractivity contribution is 5.64. The number of nitrogens with zero attached hydrogens (tertiary/aromatic N) is 1. The van der Waals surface area contributed by atoms with Gasteiger partial charge in [-0.2, -0.15) is 0 Å². The molecule has 3 heteroatoms. The first kappa shape index (κ1) is 11.3. The topological polar surface area (TPSA) is 35.5 Å². The Kier molecular flexibility index (Phi) is 3.34. The lowest BCUT2D eigenvalue weighted by Gasteiger charge is -2.12. The molecule has 1 aromatic carbocycles. The number of hydrogen-bond acceptors (Lipinski definition) is 3. The molecule has 1 unspecified atom stereocenters. The maximum atomic E-state index is 9.93. The van der Waals surface area contributed by atoms with Gasteiger partial charge in [-0.1, -0.05) is 6.07 Å². The predicted molar refractivity (Wildman–Crippen MR) is 67.3 cm³/mol. The summed E-state index contributed by atoms with van der Waals surface area (Å²) in [4.78, 5) is 2.24. The SMILES string of the molecule is CNCCCC1CN(C)c2cccc(O)c21. The Hall–Kier alpha value is -1.22. The standard InChI is InChI=1S/C13H20N2O/c1-14-8-4-5-10-9-15(2)11-6-3-7-12(16)13(10)11/h3,6-7,10,14,16H,4-5,8-9H2,1-2H3. The van der Waals surface area contributed by atoms with Crippen molar-refractivity contribution in [3.63, 3.8) is 0 Å². The van der Waals surface area contributed by atoms with Gasteiger partial charge in [0, 0.05) is 30.8 Å². The summed E-state index contributed by atoms with van der Waals surface area (Å²) in [6.07, 6.45) is 2.29. The van der Waals surface area contributed by atoms with E-state index in [1.54, 1.807) is 6.07 Å². The fraction of sp³-hybridized carbons (Fsp3) is 0.538. The molecule has 0 aromatic heterocycles. The Morgan fingerprint density at radius 3 is 3.06 bits per heavy atom. The molecule has 0 saturated heterocycles. The van der Waals surface area contributed by atoms with Gasteiger partial charge in [0.2, 0.25) is 0 Å².